The number of fused-ring (bicyclic) bond motifs is 1. The number of aromatic nitrogens is 2. The zero-order valence-electron chi connectivity index (χ0n) is 20.5. The molecule has 0 bridgehead atoms. The second-order valence-electron chi connectivity index (χ2n) is 9.31. The predicted octanol–water partition coefficient (Wildman–Crippen LogP) is 2.45. The monoisotopic (exact) mass is 467 g/mol. The lowest BCUT2D eigenvalue weighted by Gasteiger charge is -2.42. The van der Waals surface area contributed by atoms with Crippen LogP contribution in [0.3, 0.4) is 0 Å². The molecular weight excluding hydrogens is 430 g/mol. The molecule has 2 aliphatic heterocycles. The molecule has 1 aromatic heterocycles. The van der Waals surface area contributed by atoms with Crippen molar-refractivity contribution in [2.45, 2.75) is 45.7 Å². The number of carbonyl (C=O) groups is 1. The fraction of sp³-hybridized carbons (Fsp3) is 0.615. The number of nitrogens with zero attached hydrogens (tertiary/aromatic N) is 5. The number of amides is 1. The Bertz CT molecular complexity index is 992. The highest BCUT2D eigenvalue weighted by Gasteiger charge is 2.34. The molecule has 2 saturated heterocycles. The van der Waals surface area contributed by atoms with Crippen molar-refractivity contribution in [1.29, 1.82) is 0 Å². The lowest BCUT2D eigenvalue weighted by Crippen LogP contribution is -2.52. The molecule has 1 aromatic carbocycles. The summed E-state index contributed by atoms with van der Waals surface area (Å²) in [6, 6.07) is 8.81. The molecule has 0 unspecified atom stereocenters. The van der Waals surface area contributed by atoms with Gasteiger partial charge in [-0.3, -0.25) is 14.4 Å². The Morgan fingerprint density at radius 2 is 1.85 bits per heavy atom. The molecule has 0 spiro atoms. The van der Waals surface area contributed by atoms with E-state index < -0.39 is 0 Å². The van der Waals surface area contributed by atoms with Crippen LogP contribution in [0.15, 0.2) is 24.3 Å². The molecule has 34 heavy (non-hydrogen) atoms. The summed E-state index contributed by atoms with van der Waals surface area (Å²) in [5.74, 6) is 1.05. The van der Waals surface area contributed by atoms with Crippen LogP contribution in [0.2, 0.25) is 0 Å². The second kappa shape index (κ2) is 10.4. The number of rotatable bonds is 6. The van der Waals surface area contributed by atoms with Gasteiger partial charge in [-0.2, -0.15) is 5.10 Å². The first kappa shape index (κ1) is 23.2. The van der Waals surface area contributed by atoms with E-state index in [0.29, 0.717) is 44.6 Å². The van der Waals surface area contributed by atoms with Crippen LogP contribution in [0.1, 0.15) is 42.0 Å². The number of piperazine rings is 1. The lowest BCUT2D eigenvalue weighted by atomic mass is 9.89. The van der Waals surface area contributed by atoms with Crippen LogP contribution >= 0.6 is 0 Å². The molecule has 1 aliphatic carbocycles. The predicted molar refractivity (Wildman–Crippen MR) is 132 cm³/mol. The van der Waals surface area contributed by atoms with Gasteiger partial charge in [-0.15, -0.1) is 0 Å². The number of benzene rings is 1. The average Bonchev–Trinajstić information content (AvgIpc) is 3.27. The molecule has 1 atom stereocenters. The molecule has 8 nitrogen and oxygen atoms in total. The zero-order valence-corrected chi connectivity index (χ0v) is 20.5. The number of morpholine rings is 1. The first-order chi connectivity index (χ1) is 16.7. The van der Waals surface area contributed by atoms with Crippen LogP contribution in [0.25, 0.3) is 0 Å². The summed E-state index contributed by atoms with van der Waals surface area (Å²) in [7, 11) is 0. The Hall–Kier alpha value is -2.58. The van der Waals surface area contributed by atoms with Gasteiger partial charge in [-0.05, 0) is 45.2 Å². The van der Waals surface area contributed by atoms with Gasteiger partial charge in [-0.25, -0.2) is 0 Å². The SMILES string of the molecule is CCOc1ccccc1N1CCN([C@@H]2CCc3c(c(C(=O)N4CCOCC4)nn3CC)C2)CC1. The maximum atomic E-state index is 13.3. The van der Waals surface area contributed by atoms with Crippen LogP contribution in [0.5, 0.6) is 5.75 Å². The standard InChI is InChI=1S/C26H37N5O3/c1-3-31-22-10-9-20(19-21(22)25(27-31)26(32)30-15-17-33-18-16-30)28-11-13-29(14-12-28)23-7-5-6-8-24(23)34-4-2/h5-8,20H,3-4,9-19H2,1-2H3/t20-/m1/s1. The maximum Gasteiger partial charge on any atom is 0.274 e. The van der Waals surface area contributed by atoms with Crippen LogP contribution in [-0.4, -0.2) is 90.6 Å². The largest absolute Gasteiger partial charge is 0.492 e. The van der Waals surface area contributed by atoms with Crippen molar-refractivity contribution in [3.63, 3.8) is 0 Å². The fourth-order valence-corrected chi connectivity index (χ4v) is 5.65. The number of carbonyl (C=O) groups excluding carboxylic acids is 1. The first-order valence-corrected chi connectivity index (χ1v) is 12.9. The van der Waals surface area contributed by atoms with E-state index in [-0.39, 0.29) is 5.91 Å². The molecule has 1 amide bonds. The van der Waals surface area contributed by atoms with E-state index >= 15 is 0 Å². The summed E-state index contributed by atoms with van der Waals surface area (Å²) in [6.07, 6.45) is 3.03. The molecule has 3 heterocycles. The van der Waals surface area contributed by atoms with Gasteiger partial charge in [0.2, 0.25) is 0 Å². The molecule has 184 valence electrons. The number of aryl methyl sites for hydroxylation is 1. The number of para-hydroxylation sites is 2. The van der Waals surface area contributed by atoms with Gasteiger partial charge in [0.15, 0.2) is 5.69 Å². The Labute approximate surface area is 202 Å². The van der Waals surface area contributed by atoms with Gasteiger partial charge in [0.25, 0.3) is 5.91 Å². The minimum Gasteiger partial charge on any atom is -0.492 e. The zero-order chi connectivity index (χ0) is 23.5. The molecule has 0 radical (unpaired) electrons. The van der Waals surface area contributed by atoms with E-state index in [4.69, 9.17) is 14.6 Å². The van der Waals surface area contributed by atoms with E-state index in [2.05, 4.69) is 39.6 Å². The number of anilines is 1. The third kappa shape index (κ3) is 4.53. The van der Waals surface area contributed by atoms with E-state index in [9.17, 15) is 4.79 Å². The molecule has 8 heteroatoms. The highest BCUT2D eigenvalue weighted by Crippen LogP contribution is 2.32. The minimum absolute atomic E-state index is 0.0738. The molecule has 5 rings (SSSR count). The summed E-state index contributed by atoms with van der Waals surface area (Å²) in [6.45, 7) is 12.2. The molecule has 0 saturated carbocycles. The van der Waals surface area contributed by atoms with Crippen molar-refractivity contribution in [2.75, 3.05) is 64.0 Å². The third-order valence-corrected chi connectivity index (χ3v) is 7.46. The topological polar surface area (TPSA) is 63.1 Å². The van der Waals surface area contributed by atoms with Crippen molar-refractivity contribution in [2.24, 2.45) is 0 Å². The highest BCUT2D eigenvalue weighted by atomic mass is 16.5. The van der Waals surface area contributed by atoms with Crippen LogP contribution in [-0.2, 0) is 24.1 Å². The fourth-order valence-electron chi connectivity index (χ4n) is 5.65. The number of hydrogen-bond donors (Lipinski definition) is 0. The van der Waals surface area contributed by atoms with E-state index in [1.807, 2.05) is 17.9 Å². The summed E-state index contributed by atoms with van der Waals surface area (Å²) >= 11 is 0. The summed E-state index contributed by atoms with van der Waals surface area (Å²) in [4.78, 5) is 20.3. The molecule has 2 fully saturated rings. The summed E-state index contributed by atoms with van der Waals surface area (Å²) in [5, 5.41) is 4.79. The quantitative estimate of drug-likeness (QED) is 0.650. The first-order valence-electron chi connectivity index (χ1n) is 12.9. The van der Waals surface area contributed by atoms with Crippen molar-refractivity contribution in [3.8, 4) is 5.75 Å². The molecule has 0 N–H and O–H groups in total. The van der Waals surface area contributed by atoms with Crippen molar-refractivity contribution < 1.29 is 14.3 Å². The minimum atomic E-state index is 0.0738. The number of ether oxygens (including phenoxy) is 2. The Morgan fingerprint density at radius 1 is 1.09 bits per heavy atom. The molecule has 2 aromatic rings. The second-order valence-corrected chi connectivity index (χ2v) is 9.31. The van der Waals surface area contributed by atoms with Gasteiger partial charge < -0.3 is 19.3 Å². The van der Waals surface area contributed by atoms with Gasteiger partial charge in [-0.1, -0.05) is 12.1 Å². The third-order valence-electron chi connectivity index (χ3n) is 7.46. The molecular formula is C26H37N5O3. The van der Waals surface area contributed by atoms with Gasteiger partial charge in [0.05, 0.1) is 25.5 Å². The number of hydrogen-bond acceptors (Lipinski definition) is 6. The van der Waals surface area contributed by atoms with Crippen LogP contribution < -0.4 is 9.64 Å². The normalized spacial score (nSPS) is 21.4. The lowest BCUT2D eigenvalue weighted by molar-refractivity contribution is 0.0297. The van der Waals surface area contributed by atoms with Crippen molar-refractivity contribution in [3.05, 3.63) is 41.2 Å². The molecule has 3 aliphatic rings. The smallest absolute Gasteiger partial charge is 0.274 e. The Kier molecular flexibility index (Phi) is 7.06. The summed E-state index contributed by atoms with van der Waals surface area (Å²) in [5.41, 5.74) is 4.31. The average molecular weight is 468 g/mol. The van der Waals surface area contributed by atoms with Crippen LogP contribution in [0, 0.1) is 0 Å². The maximum absolute atomic E-state index is 13.3. The van der Waals surface area contributed by atoms with E-state index in [0.717, 1.165) is 57.7 Å². The Morgan fingerprint density at radius 3 is 2.59 bits per heavy atom. The Balaban J connectivity index is 1.28. The highest BCUT2D eigenvalue weighted by molar-refractivity contribution is 5.94. The van der Waals surface area contributed by atoms with Gasteiger partial charge in [0, 0.05) is 63.1 Å². The van der Waals surface area contributed by atoms with Crippen LogP contribution in [0.4, 0.5) is 5.69 Å². The van der Waals surface area contributed by atoms with E-state index in [1.165, 1.54) is 16.9 Å². The van der Waals surface area contributed by atoms with Crippen molar-refractivity contribution >= 4 is 11.6 Å². The van der Waals surface area contributed by atoms with E-state index in [1.54, 1.807) is 0 Å². The summed E-state index contributed by atoms with van der Waals surface area (Å²) < 4.78 is 13.4. The van der Waals surface area contributed by atoms with Gasteiger partial charge in [0.1, 0.15) is 5.75 Å². The van der Waals surface area contributed by atoms with Gasteiger partial charge >= 0.3 is 0 Å². The van der Waals surface area contributed by atoms with Crippen molar-refractivity contribution in [1.82, 2.24) is 19.6 Å².